The molecule has 4 heteroatoms. The Bertz CT molecular complexity index is 452. The minimum Gasteiger partial charge on any atom is -0.306 e. The van der Waals surface area contributed by atoms with Crippen molar-refractivity contribution in [2.75, 3.05) is 6.54 Å². The van der Waals surface area contributed by atoms with Gasteiger partial charge in [0.15, 0.2) is 0 Å². The lowest BCUT2D eigenvalue weighted by Gasteiger charge is -2.20. The largest absolute Gasteiger partial charge is 0.306 e. The van der Waals surface area contributed by atoms with Crippen molar-refractivity contribution < 1.29 is 0 Å². The van der Waals surface area contributed by atoms with Crippen LogP contribution in [0.25, 0.3) is 10.2 Å². The number of aromatic nitrogens is 2. The Kier molecular flexibility index (Phi) is 2.00. The summed E-state index contributed by atoms with van der Waals surface area (Å²) in [5.74, 6) is 0. The van der Waals surface area contributed by atoms with E-state index in [-0.39, 0.29) is 5.54 Å². The minimum atomic E-state index is 0.0870. The van der Waals surface area contributed by atoms with Crippen LogP contribution < -0.4 is 5.32 Å². The average molecular weight is 219 g/mol. The molecule has 0 amide bonds. The summed E-state index contributed by atoms with van der Waals surface area (Å²) in [5, 5.41) is 4.73. The second-order valence-corrected chi connectivity index (χ2v) is 5.26. The fourth-order valence-corrected chi connectivity index (χ4v) is 3.18. The van der Waals surface area contributed by atoms with Crippen molar-refractivity contribution in [2.24, 2.45) is 0 Å². The SMILES string of the molecule is CC1(c2nc3cnccc3s2)CCCN1. The third-order valence-electron chi connectivity index (χ3n) is 3.03. The van der Waals surface area contributed by atoms with Crippen molar-refractivity contribution in [3.63, 3.8) is 0 Å². The molecule has 78 valence electrons. The van der Waals surface area contributed by atoms with E-state index in [0.29, 0.717) is 0 Å². The Balaban J connectivity index is 2.11. The van der Waals surface area contributed by atoms with Crippen LogP contribution >= 0.6 is 11.3 Å². The topological polar surface area (TPSA) is 37.8 Å². The molecule has 3 heterocycles. The Hall–Kier alpha value is -1.00. The third-order valence-corrected chi connectivity index (χ3v) is 4.33. The van der Waals surface area contributed by atoms with Crippen molar-refractivity contribution >= 4 is 21.6 Å². The van der Waals surface area contributed by atoms with Crippen molar-refractivity contribution in [3.05, 3.63) is 23.5 Å². The van der Waals surface area contributed by atoms with Crippen LogP contribution in [0.5, 0.6) is 0 Å². The monoisotopic (exact) mass is 219 g/mol. The van der Waals surface area contributed by atoms with Gasteiger partial charge in [0.1, 0.15) is 5.01 Å². The molecule has 1 fully saturated rings. The first-order chi connectivity index (χ1) is 7.28. The molecule has 0 spiro atoms. The highest BCUT2D eigenvalue weighted by Crippen LogP contribution is 2.35. The summed E-state index contributed by atoms with van der Waals surface area (Å²) in [6.07, 6.45) is 6.09. The summed E-state index contributed by atoms with van der Waals surface area (Å²) in [6.45, 7) is 3.34. The molecule has 2 aromatic heterocycles. The van der Waals surface area contributed by atoms with E-state index in [0.717, 1.165) is 12.1 Å². The molecule has 1 aliphatic heterocycles. The van der Waals surface area contributed by atoms with Gasteiger partial charge in [0.2, 0.25) is 0 Å². The van der Waals surface area contributed by atoms with E-state index in [2.05, 4.69) is 22.2 Å². The number of thiazole rings is 1. The number of hydrogen-bond acceptors (Lipinski definition) is 4. The number of pyridine rings is 1. The van der Waals surface area contributed by atoms with Gasteiger partial charge in [-0.25, -0.2) is 4.98 Å². The maximum Gasteiger partial charge on any atom is 0.114 e. The number of fused-ring (bicyclic) bond motifs is 1. The Labute approximate surface area is 92.6 Å². The zero-order valence-electron chi connectivity index (χ0n) is 8.66. The second kappa shape index (κ2) is 3.25. The first-order valence-corrected chi connectivity index (χ1v) is 6.06. The normalized spacial score (nSPS) is 26.2. The molecule has 0 saturated carbocycles. The van der Waals surface area contributed by atoms with Gasteiger partial charge in [0.25, 0.3) is 0 Å². The molecule has 1 atom stereocenters. The third kappa shape index (κ3) is 1.44. The van der Waals surface area contributed by atoms with Gasteiger partial charge >= 0.3 is 0 Å². The smallest absolute Gasteiger partial charge is 0.114 e. The van der Waals surface area contributed by atoms with Gasteiger partial charge in [-0.2, -0.15) is 0 Å². The van der Waals surface area contributed by atoms with Crippen molar-refractivity contribution in [2.45, 2.75) is 25.3 Å². The van der Waals surface area contributed by atoms with E-state index in [1.54, 1.807) is 11.3 Å². The maximum atomic E-state index is 4.66. The lowest BCUT2D eigenvalue weighted by molar-refractivity contribution is 0.433. The summed E-state index contributed by atoms with van der Waals surface area (Å²) in [7, 11) is 0. The first kappa shape index (κ1) is 9.24. The van der Waals surface area contributed by atoms with Crippen molar-refractivity contribution in [1.82, 2.24) is 15.3 Å². The van der Waals surface area contributed by atoms with Crippen LogP contribution in [0.4, 0.5) is 0 Å². The lowest BCUT2D eigenvalue weighted by Crippen LogP contribution is -2.32. The van der Waals surface area contributed by atoms with Gasteiger partial charge in [-0.3, -0.25) is 4.98 Å². The molecule has 3 nitrogen and oxygen atoms in total. The van der Waals surface area contributed by atoms with Crippen LogP contribution in [-0.2, 0) is 5.54 Å². The summed E-state index contributed by atoms with van der Waals surface area (Å²) < 4.78 is 1.23. The molecule has 3 rings (SSSR count). The molecule has 0 aliphatic carbocycles. The predicted molar refractivity (Wildman–Crippen MR) is 62.0 cm³/mol. The van der Waals surface area contributed by atoms with E-state index in [1.807, 2.05) is 18.5 Å². The van der Waals surface area contributed by atoms with Gasteiger partial charge in [0.05, 0.1) is 22.0 Å². The molecule has 15 heavy (non-hydrogen) atoms. The van der Waals surface area contributed by atoms with Crippen LogP contribution in [0, 0.1) is 0 Å². The molecule has 1 aliphatic rings. The van der Waals surface area contributed by atoms with E-state index in [1.165, 1.54) is 22.5 Å². The average Bonchev–Trinajstić information content (AvgIpc) is 2.84. The molecule has 0 aromatic carbocycles. The van der Waals surface area contributed by atoms with Crippen molar-refractivity contribution in [3.8, 4) is 0 Å². The minimum absolute atomic E-state index is 0.0870. The Morgan fingerprint density at radius 3 is 3.20 bits per heavy atom. The number of hydrogen-bond donors (Lipinski definition) is 1. The standard InChI is InChI=1S/C11H13N3S/c1-11(4-2-5-13-11)10-14-8-7-12-6-3-9(8)15-10/h3,6-7,13H,2,4-5H2,1H3. The molecule has 1 N–H and O–H groups in total. The summed E-state index contributed by atoms with van der Waals surface area (Å²) in [5.41, 5.74) is 1.11. The summed E-state index contributed by atoms with van der Waals surface area (Å²) >= 11 is 1.78. The number of nitrogens with one attached hydrogen (secondary N) is 1. The second-order valence-electron chi connectivity index (χ2n) is 4.22. The molecule has 1 saturated heterocycles. The molecule has 0 bridgehead atoms. The van der Waals surface area contributed by atoms with Gasteiger partial charge in [-0.1, -0.05) is 0 Å². The molecule has 1 unspecified atom stereocenters. The maximum absolute atomic E-state index is 4.66. The van der Waals surface area contributed by atoms with Crippen LogP contribution in [0.15, 0.2) is 18.5 Å². The van der Waals surface area contributed by atoms with E-state index in [9.17, 15) is 0 Å². The van der Waals surface area contributed by atoms with E-state index < -0.39 is 0 Å². The lowest BCUT2D eigenvalue weighted by atomic mass is 10.0. The quantitative estimate of drug-likeness (QED) is 0.799. The van der Waals surface area contributed by atoms with Gasteiger partial charge in [-0.05, 0) is 32.4 Å². The first-order valence-electron chi connectivity index (χ1n) is 5.24. The summed E-state index contributed by atoms with van der Waals surface area (Å²) in [6, 6.07) is 2.04. The van der Waals surface area contributed by atoms with Crippen LogP contribution in [0.1, 0.15) is 24.8 Å². The fourth-order valence-electron chi connectivity index (χ4n) is 2.09. The van der Waals surface area contributed by atoms with Gasteiger partial charge < -0.3 is 5.32 Å². The predicted octanol–water partition coefficient (Wildman–Crippen LogP) is 2.29. The zero-order valence-corrected chi connectivity index (χ0v) is 9.47. The number of rotatable bonds is 1. The van der Waals surface area contributed by atoms with E-state index in [4.69, 9.17) is 0 Å². The number of nitrogens with zero attached hydrogens (tertiary/aromatic N) is 2. The van der Waals surface area contributed by atoms with Crippen molar-refractivity contribution in [1.29, 1.82) is 0 Å². The fraction of sp³-hybridized carbons (Fsp3) is 0.455. The molecule has 0 radical (unpaired) electrons. The van der Waals surface area contributed by atoms with Gasteiger partial charge in [0, 0.05) is 6.20 Å². The van der Waals surface area contributed by atoms with Crippen LogP contribution in [0.2, 0.25) is 0 Å². The summed E-state index contributed by atoms with van der Waals surface area (Å²) in [4.78, 5) is 8.76. The molecule has 2 aromatic rings. The van der Waals surface area contributed by atoms with Crippen LogP contribution in [0.3, 0.4) is 0 Å². The highest BCUT2D eigenvalue weighted by atomic mass is 32.1. The Morgan fingerprint density at radius 2 is 2.47 bits per heavy atom. The molecular formula is C11H13N3S. The van der Waals surface area contributed by atoms with E-state index >= 15 is 0 Å². The highest BCUT2D eigenvalue weighted by molar-refractivity contribution is 7.18. The highest BCUT2D eigenvalue weighted by Gasteiger charge is 2.32. The van der Waals surface area contributed by atoms with Crippen LogP contribution in [-0.4, -0.2) is 16.5 Å². The molecular weight excluding hydrogens is 206 g/mol. The zero-order chi connectivity index (χ0) is 10.3. The van der Waals surface area contributed by atoms with Gasteiger partial charge in [-0.15, -0.1) is 11.3 Å². The Morgan fingerprint density at radius 1 is 1.53 bits per heavy atom.